The maximum atomic E-state index is 9.80. The highest BCUT2D eigenvalue weighted by Crippen LogP contribution is 2.15. The maximum Gasteiger partial charge on any atom is 0.139 e. The number of pyridine rings is 1. The van der Waals surface area contributed by atoms with Crippen molar-refractivity contribution in [3.63, 3.8) is 0 Å². The summed E-state index contributed by atoms with van der Waals surface area (Å²) in [5, 5.41) is 31.1. The summed E-state index contributed by atoms with van der Waals surface area (Å²) < 4.78 is 0. The van der Waals surface area contributed by atoms with Crippen LogP contribution < -0.4 is 5.32 Å². The smallest absolute Gasteiger partial charge is 0.139 e. The van der Waals surface area contributed by atoms with E-state index in [9.17, 15) is 10.2 Å². The monoisotopic (exact) mass is 240 g/mol. The average molecular weight is 240 g/mol. The fraction of sp³-hybridized carbons (Fsp3) is 0.583. The van der Waals surface area contributed by atoms with E-state index in [0.29, 0.717) is 12.1 Å². The average Bonchev–Trinajstić information content (AvgIpc) is 2.18. The van der Waals surface area contributed by atoms with E-state index in [-0.39, 0.29) is 23.6 Å². The number of aliphatic hydroxyl groups is 2. The van der Waals surface area contributed by atoms with Crippen LogP contribution in [0.25, 0.3) is 0 Å². The van der Waals surface area contributed by atoms with Crippen molar-refractivity contribution in [1.29, 1.82) is 0 Å². The van der Waals surface area contributed by atoms with E-state index in [2.05, 4.69) is 10.3 Å². The van der Waals surface area contributed by atoms with E-state index in [1.165, 1.54) is 6.07 Å². The number of nitrogens with zero attached hydrogens (tertiary/aromatic N) is 1. The van der Waals surface area contributed by atoms with Crippen LogP contribution in [0.15, 0.2) is 12.1 Å². The molecule has 1 aromatic heterocycles. The minimum Gasteiger partial charge on any atom is -0.506 e. The van der Waals surface area contributed by atoms with Crippen LogP contribution in [0, 0.1) is 0 Å². The summed E-state index contributed by atoms with van der Waals surface area (Å²) in [5.41, 5.74) is 0.664. The standard InChI is InChI=1S/C12H20N2O3/c1-12(2,3)14-11(17)6-8-4-5-10(16)9(7-15)13-8/h4-5,11,14-17H,6-7H2,1-3H3/t11-/m0/s1. The first-order valence-corrected chi connectivity index (χ1v) is 5.56. The van der Waals surface area contributed by atoms with Gasteiger partial charge in [-0.2, -0.15) is 0 Å². The van der Waals surface area contributed by atoms with Crippen LogP contribution in [0.2, 0.25) is 0 Å². The largest absolute Gasteiger partial charge is 0.506 e. The first kappa shape index (κ1) is 13.9. The van der Waals surface area contributed by atoms with Crippen molar-refractivity contribution in [3.8, 4) is 5.75 Å². The molecule has 0 unspecified atom stereocenters. The van der Waals surface area contributed by atoms with Gasteiger partial charge in [-0.25, -0.2) is 0 Å². The maximum absolute atomic E-state index is 9.80. The predicted octanol–water partition coefficient (Wildman–Crippen LogP) is 0.528. The molecule has 1 heterocycles. The Morgan fingerprint density at radius 1 is 1.35 bits per heavy atom. The molecule has 0 amide bonds. The minimum absolute atomic E-state index is 0.0329. The third kappa shape index (κ3) is 4.68. The van der Waals surface area contributed by atoms with Crippen molar-refractivity contribution in [2.24, 2.45) is 0 Å². The van der Waals surface area contributed by atoms with Gasteiger partial charge in [0.25, 0.3) is 0 Å². The highest BCUT2D eigenvalue weighted by Gasteiger charge is 2.16. The number of hydrogen-bond donors (Lipinski definition) is 4. The Labute approximate surface area is 101 Å². The van der Waals surface area contributed by atoms with Gasteiger partial charge < -0.3 is 15.3 Å². The van der Waals surface area contributed by atoms with Crippen molar-refractivity contribution in [1.82, 2.24) is 10.3 Å². The summed E-state index contributed by atoms with van der Waals surface area (Å²) >= 11 is 0. The zero-order chi connectivity index (χ0) is 13.1. The highest BCUT2D eigenvalue weighted by molar-refractivity contribution is 5.27. The van der Waals surface area contributed by atoms with E-state index < -0.39 is 6.23 Å². The third-order valence-corrected chi connectivity index (χ3v) is 2.16. The highest BCUT2D eigenvalue weighted by atomic mass is 16.3. The van der Waals surface area contributed by atoms with Crippen molar-refractivity contribution in [3.05, 3.63) is 23.5 Å². The molecule has 0 bridgehead atoms. The molecule has 1 atom stereocenters. The zero-order valence-electron chi connectivity index (χ0n) is 10.4. The summed E-state index contributed by atoms with van der Waals surface area (Å²) in [5.74, 6) is -0.0329. The SMILES string of the molecule is CC(C)(C)N[C@@H](O)Cc1ccc(O)c(CO)n1. The molecule has 0 aromatic carbocycles. The van der Waals surface area contributed by atoms with E-state index in [0.717, 1.165) is 0 Å². The van der Waals surface area contributed by atoms with Gasteiger partial charge in [-0.05, 0) is 32.9 Å². The first-order chi connectivity index (χ1) is 7.81. The minimum atomic E-state index is -0.710. The van der Waals surface area contributed by atoms with Gasteiger partial charge in [-0.3, -0.25) is 10.3 Å². The molecule has 1 aromatic rings. The van der Waals surface area contributed by atoms with Crippen LogP contribution >= 0.6 is 0 Å². The van der Waals surface area contributed by atoms with Gasteiger partial charge in [0.15, 0.2) is 0 Å². The second-order valence-corrected chi connectivity index (χ2v) is 5.04. The van der Waals surface area contributed by atoms with Crippen LogP contribution in [-0.2, 0) is 13.0 Å². The Morgan fingerprint density at radius 2 is 2.00 bits per heavy atom. The van der Waals surface area contributed by atoms with Gasteiger partial charge in [0.1, 0.15) is 17.7 Å². The van der Waals surface area contributed by atoms with Gasteiger partial charge in [0.05, 0.1) is 6.61 Å². The van der Waals surface area contributed by atoms with Gasteiger partial charge in [-0.15, -0.1) is 0 Å². The molecular formula is C12H20N2O3. The van der Waals surface area contributed by atoms with E-state index >= 15 is 0 Å². The fourth-order valence-electron chi connectivity index (χ4n) is 1.52. The number of hydrogen-bond acceptors (Lipinski definition) is 5. The molecular weight excluding hydrogens is 220 g/mol. The molecule has 96 valence electrons. The molecule has 17 heavy (non-hydrogen) atoms. The Balaban J connectivity index is 2.68. The molecule has 4 N–H and O–H groups in total. The lowest BCUT2D eigenvalue weighted by Crippen LogP contribution is -2.44. The molecule has 0 spiro atoms. The van der Waals surface area contributed by atoms with Crippen LogP contribution in [0.1, 0.15) is 32.2 Å². The van der Waals surface area contributed by atoms with Gasteiger partial charge >= 0.3 is 0 Å². The van der Waals surface area contributed by atoms with Gasteiger partial charge in [0, 0.05) is 17.7 Å². The number of aromatic nitrogens is 1. The molecule has 0 fully saturated rings. The molecule has 0 aliphatic rings. The lowest BCUT2D eigenvalue weighted by molar-refractivity contribution is 0.105. The molecule has 0 saturated carbocycles. The van der Waals surface area contributed by atoms with Crippen molar-refractivity contribution in [2.75, 3.05) is 0 Å². The van der Waals surface area contributed by atoms with Crippen LogP contribution in [0.4, 0.5) is 0 Å². The van der Waals surface area contributed by atoms with E-state index in [1.807, 2.05) is 20.8 Å². The fourth-order valence-corrected chi connectivity index (χ4v) is 1.52. The van der Waals surface area contributed by atoms with E-state index in [1.54, 1.807) is 6.07 Å². The lowest BCUT2D eigenvalue weighted by atomic mass is 10.1. The first-order valence-electron chi connectivity index (χ1n) is 5.56. The topological polar surface area (TPSA) is 85.6 Å². The van der Waals surface area contributed by atoms with Crippen molar-refractivity contribution >= 4 is 0 Å². The summed E-state index contributed by atoms with van der Waals surface area (Å²) in [6.45, 7) is 5.56. The third-order valence-electron chi connectivity index (χ3n) is 2.16. The number of rotatable bonds is 4. The Morgan fingerprint density at radius 3 is 2.53 bits per heavy atom. The molecule has 5 heteroatoms. The summed E-state index contributed by atoms with van der Waals surface area (Å²) in [6.07, 6.45) is -0.386. The summed E-state index contributed by atoms with van der Waals surface area (Å²) in [4.78, 5) is 4.06. The Kier molecular flexibility index (Phi) is 4.45. The molecule has 0 aliphatic carbocycles. The van der Waals surface area contributed by atoms with Crippen LogP contribution in [-0.4, -0.2) is 32.1 Å². The normalized spacial score (nSPS) is 13.7. The van der Waals surface area contributed by atoms with Gasteiger partial charge in [0.2, 0.25) is 0 Å². The Hall–Kier alpha value is -1.17. The summed E-state index contributed by atoms with van der Waals surface area (Å²) in [7, 11) is 0. The molecule has 5 nitrogen and oxygen atoms in total. The predicted molar refractivity (Wildman–Crippen MR) is 64.4 cm³/mol. The Bertz CT molecular complexity index is 375. The molecule has 0 aliphatic heterocycles. The van der Waals surface area contributed by atoms with E-state index in [4.69, 9.17) is 5.11 Å². The van der Waals surface area contributed by atoms with Crippen molar-refractivity contribution < 1.29 is 15.3 Å². The number of nitrogens with one attached hydrogen (secondary N) is 1. The molecule has 1 rings (SSSR count). The lowest BCUT2D eigenvalue weighted by Gasteiger charge is -2.24. The second-order valence-electron chi connectivity index (χ2n) is 5.04. The van der Waals surface area contributed by atoms with Crippen molar-refractivity contribution in [2.45, 2.75) is 45.6 Å². The second kappa shape index (κ2) is 5.44. The van der Waals surface area contributed by atoms with Crippen LogP contribution in [0.3, 0.4) is 0 Å². The molecule has 0 radical (unpaired) electrons. The summed E-state index contributed by atoms with van der Waals surface area (Å²) in [6, 6.07) is 3.10. The number of aromatic hydroxyl groups is 1. The molecule has 0 saturated heterocycles. The quantitative estimate of drug-likeness (QED) is 0.577. The van der Waals surface area contributed by atoms with Crippen LogP contribution in [0.5, 0.6) is 5.75 Å². The zero-order valence-corrected chi connectivity index (χ0v) is 10.4. The number of aliphatic hydroxyl groups excluding tert-OH is 2. The van der Waals surface area contributed by atoms with Gasteiger partial charge in [-0.1, -0.05) is 0 Å².